The van der Waals surface area contributed by atoms with Gasteiger partial charge in [0.05, 0.1) is 11.2 Å². The Morgan fingerprint density at radius 3 is 2.04 bits per heavy atom. The van der Waals surface area contributed by atoms with Crippen molar-refractivity contribution in [2.24, 2.45) is 0 Å². The molecule has 0 aliphatic carbocycles. The summed E-state index contributed by atoms with van der Waals surface area (Å²) in [6.07, 6.45) is 0. The van der Waals surface area contributed by atoms with Crippen molar-refractivity contribution in [2.45, 2.75) is 45.8 Å². The van der Waals surface area contributed by atoms with Crippen molar-refractivity contribution in [3.63, 3.8) is 0 Å². The van der Waals surface area contributed by atoms with Crippen LogP contribution in [-0.2, 0) is 4.65 Å². The summed E-state index contributed by atoms with van der Waals surface area (Å²) in [5.74, 6) is 0. The Morgan fingerprint density at radius 2 is 1.58 bits per heavy atom. The number of anilines is 1. The lowest BCUT2D eigenvalue weighted by molar-refractivity contribution is -0.0982. The minimum absolute atomic E-state index is 0.697. The number of piperazine rings is 1. The lowest BCUT2D eigenvalue weighted by Crippen LogP contribution is -2.53. The normalized spacial score (nSPS) is 17.2. The lowest BCUT2D eigenvalue weighted by Gasteiger charge is -2.38. The molecule has 0 spiro atoms. The summed E-state index contributed by atoms with van der Waals surface area (Å²) in [6.45, 7) is 14.4. The van der Waals surface area contributed by atoms with Gasteiger partial charge in [0.2, 0.25) is 0 Å². The van der Waals surface area contributed by atoms with Crippen molar-refractivity contribution < 1.29 is 14.8 Å². The molecule has 1 aromatic rings. The molecule has 0 bridgehead atoms. The third-order valence-electron chi connectivity index (χ3n) is 5.24. The van der Waals surface area contributed by atoms with Gasteiger partial charge in [-0.15, -0.1) is 0 Å². The van der Waals surface area contributed by atoms with Crippen LogP contribution in [0.5, 0.6) is 0 Å². The summed E-state index contributed by atoms with van der Waals surface area (Å²) < 4.78 is 5.69. The van der Waals surface area contributed by atoms with Crippen molar-refractivity contribution in [3.05, 3.63) is 24.3 Å². The number of benzene rings is 1. The monoisotopic (exact) mass is 334 g/mol. The van der Waals surface area contributed by atoms with E-state index in [0.717, 1.165) is 32.7 Å². The van der Waals surface area contributed by atoms with Crippen LogP contribution in [0.3, 0.4) is 0 Å². The highest BCUT2D eigenvalue weighted by atomic mass is 16.5. The zero-order chi connectivity index (χ0) is 18.0. The minimum Gasteiger partial charge on any atom is -0.423 e. The smallest absolute Gasteiger partial charge is 0.423 e. The summed E-state index contributed by atoms with van der Waals surface area (Å²) in [6, 6.07) is 7.85. The molecule has 0 aromatic heterocycles. The first-order valence-corrected chi connectivity index (χ1v) is 8.79. The summed E-state index contributed by atoms with van der Waals surface area (Å²) in [5, 5.41) is 20.5. The predicted molar refractivity (Wildman–Crippen MR) is 99.8 cm³/mol. The zero-order valence-electron chi connectivity index (χ0n) is 15.6. The largest absolute Gasteiger partial charge is 0.491 e. The van der Waals surface area contributed by atoms with Crippen LogP contribution in [0.2, 0.25) is 0 Å². The molecule has 0 unspecified atom stereocenters. The maximum absolute atomic E-state index is 10.3. The number of likely N-dealkylation sites (N-methyl/N-ethyl adjacent to an activating group) is 1. The van der Waals surface area contributed by atoms with Crippen LogP contribution in [0, 0.1) is 0 Å². The third kappa shape index (κ3) is 4.51. The van der Waals surface area contributed by atoms with Crippen molar-refractivity contribution in [1.29, 1.82) is 0 Å². The van der Waals surface area contributed by atoms with Gasteiger partial charge < -0.3 is 24.6 Å². The fourth-order valence-electron chi connectivity index (χ4n) is 2.66. The number of hydrogen-bond donors (Lipinski definition) is 2. The van der Waals surface area contributed by atoms with E-state index in [1.807, 2.05) is 24.3 Å². The molecular formula is C18H31BN2O3. The summed E-state index contributed by atoms with van der Waals surface area (Å²) in [7, 11) is -1.06. The Labute approximate surface area is 146 Å². The molecule has 2 rings (SSSR count). The van der Waals surface area contributed by atoms with Gasteiger partial charge in [0.15, 0.2) is 0 Å². The van der Waals surface area contributed by atoms with E-state index in [0.29, 0.717) is 5.46 Å². The van der Waals surface area contributed by atoms with E-state index in [9.17, 15) is 10.1 Å². The van der Waals surface area contributed by atoms with Gasteiger partial charge in [0, 0.05) is 31.9 Å². The Morgan fingerprint density at radius 1 is 1.04 bits per heavy atom. The number of nitrogens with zero attached hydrogens (tertiary/aromatic N) is 2. The van der Waals surface area contributed by atoms with Crippen LogP contribution in [-0.4, -0.2) is 66.1 Å². The first-order valence-electron chi connectivity index (χ1n) is 8.79. The molecule has 2 N–H and O–H groups in total. The lowest BCUT2D eigenvalue weighted by atomic mass is 9.76. The number of aliphatic hydroxyl groups is 1. The molecule has 1 aromatic carbocycles. The van der Waals surface area contributed by atoms with Gasteiger partial charge in [-0.05, 0) is 51.8 Å². The van der Waals surface area contributed by atoms with Crippen molar-refractivity contribution >= 4 is 18.3 Å². The van der Waals surface area contributed by atoms with Gasteiger partial charge in [-0.2, -0.15) is 0 Å². The van der Waals surface area contributed by atoms with E-state index >= 15 is 0 Å². The predicted octanol–water partition coefficient (Wildman–Crippen LogP) is 1.08. The molecule has 0 atom stereocenters. The topological polar surface area (TPSA) is 56.2 Å². The van der Waals surface area contributed by atoms with Crippen molar-refractivity contribution in [2.75, 3.05) is 37.6 Å². The quantitative estimate of drug-likeness (QED) is 0.763. The minimum atomic E-state index is -1.06. The molecule has 24 heavy (non-hydrogen) atoms. The van der Waals surface area contributed by atoms with Gasteiger partial charge >= 0.3 is 7.12 Å². The van der Waals surface area contributed by atoms with E-state index < -0.39 is 18.3 Å². The van der Waals surface area contributed by atoms with Crippen LogP contribution in [0.15, 0.2) is 24.3 Å². The maximum atomic E-state index is 10.3. The molecule has 1 aliphatic rings. The average Bonchev–Trinajstić information content (AvgIpc) is 2.53. The number of hydrogen-bond acceptors (Lipinski definition) is 5. The molecule has 6 heteroatoms. The zero-order valence-corrected chi connectivity index (χ0v) is 15.6. The van der Waals surface area contributed by atoms with Gasteiger partial charge in [0.25, 0.3) is 0 Å². The van der Waals surface area contributed by atoms with Crippen molar-refractivity contribution in [3.8, 4) is 0 Å². The highest BCUT2D eigenvalue weighted by Crippen LogP contribution is 2.25. The molecule has 0 saturated carbocycles. The van der Waals surface area contributed by atoms with E-state index in [4.69, 9.17) is 4.65 Å². The summed E-state index contributed by atoms with van der Waals surface area (Å²) >= 11 is 0. The molecule has 0 radical (unpaired) electrons. The summed E-state index contributed by atoms with van der Waals surface area (Å²) in [5.41, 5.74) is -0.0410. The van der Waals surface area contributed by atoms with Crippen LogP contribution >= 0.6 is 0 Å². The van der Waals surface area contributed by atoms with Crippen LogP contribution in [0.25, 0.3) is 0 Å². The first kappa shape index (κ1) is 19.3. The van der Waals surface area contributed by atoms with Crippen molar-refractivity contribution in [1.82, 2.24) is 4.90 Å². The van der Waals surface area contributed by atoms with Crippen LogP contribution in [0.1, 0.15) is 34.6 Å². The molecular weight excluding hydrogens is 303 g/mol. The number of rotatable bonds is 6. The molecule has 1 fully saturated rings. The SMILES string of the molecule is CCN1CCN(c2ccc(B(O)OC(C)(C)C(C)(C)O)cc2)CC1. The second-order valence-corrected chi connectivity index (χ2v) is 7.55. The Kier molecular flexibility index (Phi) is 5.97. The van der Waals surface area contributed by atoms with Gasteiger partial charge in [-0.1, -0.05) is 19.1 Å². The molecule has 5 nitrogen and oxygen atoms in total. The third-order valence-corrected chi connectivity index (χ3v) is 5.24. The van der Waals surface area contributed by atoms with E-state index in [1.165, 1.54) is 5.69 Å². The fraction of sp³-hybridized carbons (Fsp3) is 0.667. The highest BCUT2D eigenvalue weighted by molar-refractivity contribution is 6.60. The van der Waals surface area contributed by atoms with Gasteiger partial charge in [-0.25, -0.2) is 0 Å². The molecule has 0 amide bonds. The Balaban J connectivity index is 1.99. The van der Waals surface area contributed by atoms with Crippen LogP contribution in [0.4, 0.5) is 5.69 Å². The molecule has 134 valence electrons. The molecule has 1 aliphatic heterocycles. The van der Waals surface area contributed by atoms with E-state index in [1.54, 1.807) is 27.7 Å². The van der Waals surface area contributed by atoms with Gasteiger partial charge in [-0.3, -0.25) is 0 Å². The van der Waals surface area contributed by atoms with E-state index in [-0.39, 0.29) is 0 Å². The van der Waals surface area contributed by atoms with Crippen LogP contribution < -0.4 is 10.4 Å². The Hall–Kier alpha value is -1.08. The second kappa shape index (κ2) is 7.44. The maximum Gasteiger partial charge on any atom is 0.491 e. The standard InChI is InChI=1S/C18H31BN2O3/c1-6-20-11-13-21(14-12-20)16-9-7-15(8-10-16)19(23)24-18(4,5)17(2,3)22/h7-10,22-23H,6,11-14H2,1-5H3. The second-order valence-electron chi connectivity index (χ2n) is 7.55. The fourth-order valence-corrected chi connectivity index (χ4v) is 2.66. The summed E-state index contributed by atoms with van der Waals surface area (Å²) in [4.78, 5) is 4.81. The molecule has 1 saturated heterocycles. The molecule has 1 heterocycles. The first-order chi connectivity index (χ1) is 11.1. The Bertz CT molecular complexity index is 520. The average molecular weight is 334 g/mol. The van der Waals surface area contributed by atoms with Gasteiger partial charge in [0.1, 0.15) is 0 Å². The highest BCUT2D eigenvalue weighted by Gasteiger charge is 2.39. The van der Waals surface area contributed by atoms with E-state index in [2.05, 4.69) is 16.7 Å².